The van der Waals surface area contributed by atoms with Gasteiger partial charge in [0.2, 0.25) is 5.91 Å². The van der Waals surface area contributed by atoms with Crippen LogP contribution in [0.15, 0.2) is 0 Å². The number of likely N-dealkylation sites (N-methyl/N-ethyl adjacent to an activating group) is 1. The SMILES string of the molecule is CN(C(=O)C1CCCS1)C1CCNC1.Cl. The maximum absolute atomic E-state index is 12.0. The van der Waals surface area contributed by atoms with Crippen molar-refractivity contribution >= 4 is 30.1 Å². The van der Waals surface area contributed by atoms with Gasteiger partial charge in [-0.3, -0.25) is 4.79 Å². The fourth-order valence-corrected chi connectivity index (χ4v) is 3.41. The predicted octanol–water partition coefficient (Wildman–Crippen LogP) is 1.12. The van der Waals surface area contributed by atoms with Crippen molar-refractivity contribution in [1.82, 2.24) is 10.2 Å². The van der Waals surface area contributed by atoms with Gasteiger partial charge in [0.25, 0.3) is 0 Å². The largest absolute Gasteiger partial charge is 0.340 e. The van der Waals surface area contributed by atoms with Crippen LogP contribution in [-0.4, -0.2) is 48.0 Å². The second-order valence-corrected chi connectivity index (χ2v) is 5.41. The molecule has 5 heteroatoms. The zero-order valence-corrected chi connectivity index (χ0v) is 10.7. The van der Waals surface area contributed by atoms with Crippen molar-refractivity contribution in [3.8, 4) is 0 Å². The number of halogens is 1. The number of nitrogens with one attached hydrogen (secondary N) is 1. The van der Waals surface area contributed by atoms with Crippen LogP contribution >= 0.6 is 24.2 Å². The molecule has 0 aromatic rings. The van der Waals surface area contributed by atoms with E-state index in [1.54, 1.807) is 0 Å². The highest BCUT2D eigenvalue weighted by Gasteiger charge is 2.30. The molecule has 2 heterocycles. The van der Waals surface area contributed by atoms with Crippen molar-refractivity contribution in [3.05, 3.63) is 0 Å². The Morgan fingerprint density at radius 2 is 2.27 bits per heavy atom. The van der Waals surface area contributed by atoms with Gasteiger partial charge in [-0.2, -0.15) is 0 Å². The van der Waals surface area contributed by atoms with Gasteiger partial charge in [0.05, 0.1) is 5.25 Å². The number of amides is 1. The lowest BCUT2D eigenvalue weighted by atomic mass is 10.2. The molecular formula is C10H19ClN2OS. The molecule has 15 heavy (non-hydrogen) atoms. The molecule has 0 aromatic carbocycles. The Balaban J connectivity index is 0.00000112. The fourth-order valence-electron chi connectivity index (χ4n) is 2.15. The first kappa shape index (κ1) is 13.1. The Bertz CT molecular complexity index is 215. The summed E-state index contributed by atoms with van der Waals surface area (Å²) in [7, 11) is 1.96. The van der Waals surface area contributed by atoms with E-state index in [-0.39, 0.29) is 17.7 Å². The van der Waals surface area contributed by atoms with E-state index in [4.69, 9.17) is 0 Å². The van der Waals surface area contributed by atoms with Crippen LogP contribution in [0.25, 0.3) is 0 Å². The minimum absolute atomic E-state index is 0. The van der Waals surface area contributed by atoms with E-state index in [1.165, 1.54) is 6.42 Å². The molecule has 1 amide bonds. The van der Waals surface area contributed by atoms with Crippen LogP contribution in [0.5, 0.6) is 0 Å². The first-order valence-corrected chi connectivity index (χ1v) is 6.43. The Hall–Kier alpha value is 0.0700. The highest BCUT2D eigenvalue weighted by Crippen LogP contribution is 2.28. The third kappa shape index (κ3) is 3.02. The predicted molar refractivity (Wildman–Crippen MR) is 66.8 cm³/mol. The molecule has 2 saturated heterocycles. The highest BCUT2D eigenvalue weighted by molar-refractivity contribution is 8.00. The number of carbonyl (C=O) groups excluding carboxylic acids is 1. The van der Waals surface area contributed by atoms with Gasteiger partial charge in [0.15, 0.2) is 0 Å². The number of rotatable bonds is 2. The van der Waals surface area contributed by atoms with Gasteiger partial charge in [0, 0.05) is 19.6 Å². The van der Waals surface area contributed by atoms with Crippen LogP contribution in [0.2, 0.25) is 0 Å². The van der Waals surface area contributed by atoms with E-state index in [0.717, 1.165) is 31.7 Å². The monoisotopic (exact) mass is 250 g/mol. The van der Waals surface area contributed by atoms with Crippen molar-refractivity contribution in [2.24, 2.45) is 0 Å². The molecule has 0 aromatic heterocycles. The molecule has 2 unspecified atom stereocenters. The maximum atomic E-state index is 12.0. The number of hydrogen-bond donors (Lipinski definition) is 1. The molecule has 0 bridgehead atoms. The Morgan fingerprint density at radius 1 is 1.47 bits per heavy atom. The molecule has 3 nitrogen and oxygen atoms in total. The summed E-state index contributed by atoms with van der Waals surface area (Å²) in [6, 6.07) is 0.434. The second kappa shape index (κ2) is 5.97. The molecule has 88 valence electrons. The molecule has 2 atom stereocenters. The number of nitrogens with zero attached hydrogens (tertiary/aromatic N) is 1. The molecule has 0 radical (unpaired) electrons. The van der Waals surface area contributed by atoms with Crippen molar-refractivity contribution in [2.75, 3.05) is 25.9 Å². The van der Waals surface area contributed by atoms with Crippen molar-refractivity contribution in [3.63, 3.8) is 0 Å². The molecule has 0 spiro atoms. The van der Waals surface area contributed by atoms with Gasteiger partial charge in [-0.15, -0.1) is 24.2 Å². The van der Waals surface area contributed by atoms with Crippen LogP contribution in [0.3, 0.4) is 0 Å². The quantitative estimate of drug-likeness (QED) is 0.798. The normalized spacial score (nSPS) is 29.9. The summed E-state index contributed by atoms with van der Waals surface area (Å²) in [5.41, 5.74) is 0. The average Bonchev–Trinajstić information content (AvgIpc) is 2.87. The van der Waals surface area contributed by atoms with Crippen molar-refractivity contribution in [1.29, 1.82) is 0 Å². The first-order chi connectivity index (χ1) is 6.79. The van der Waals surface area contributed by atoms with Gasteiger partial charge in [-0.25, -0.2) is 0 Å². The molecule has 0 saturated carbocycles. The third-order valence-corrected chi connectivity index (χ3v) is 4.50. The van der Waals surface area contributed by atoms with Crippen LogP contribution in [0, 0.1) is 0 Å². The zero-order valence-electron chi connectivity index (χ0n) is 9.07. The zero-order chi connectivity index (χ0) is 9.97. The molecule has 2 rings (SSSR count). The first-order valence-electron chi connectivity index (χ1n) is 5.38. The molecule has 2 aliphatic heterocycles. The molecular weight excluding hydrogens is 232 g/mol. The second-order valence-electron chi connectivity index (χ2n) is 4.10. The van der Waals surface area contributed by atoms with Gasteiger partial charge in [-0.1, -0.05) is 0 Å². The van der Waals surface area contributed by atoms with E-state index < -0.39 is 0 Å². The Labute approximate surface area is 102 Å². The molecule has 2 fully saturated rings. The van der Waals surface area contributed by atoms with Gasteiger partial charge < -0.3 is 10.2 Å². The summed E-state index contributed by atoms with van der Waals surface area (Å²) in [4.78, 5) is 14.0. The lowest BCUT2D eigenvalue weighted by molar-refractivity contribution is -0.131. The van der Waals surface area contributed by atoms with Crippen LogP contribution in [0.1, 0.15) is 19.3 Å². The lowest BCUT2D eigenvalue weighted by Crippen LogP contribution is -2.42. The van der Waals surface area contributed by atoms with Crippen LogP contribution in [-0.2, 0) is 4.79 Å². The van der Waals surface area contributed by atoms with E-state index in [2.05, 4.69) is 5.32 Å². The summed E-state index contributed by atoms with van der Waals surface area (Å²) in [6.45, 7) is 2.03. The van der Waals surface area contributed by atoms with Crippen molar-refractivity contribution in [2.45, 2.75) is 30.6 Å². The summed E-state index contributed by atoms with van der Waals surface area (Å²) in [6.07, 6.45) is 3.39. The summed E-state index contributed by atoms with van der Waals surface area (Å²) in [5.74, 6) is 1.51. The smallest absolute Gasteiger partial charge is 0.235 e. The van der Waals surface area contributed by atoms with E-state index in [1.807, 2.05) is 23.7 Å². The fraction of sp³-hybridized carbons (Fsp3) is 0.900. The van der Waals surface area contributed by atoms with E-state index >= 15 is 0 Å². The average molecular weight is 251 g/mol. The van der Waals surface area contributed by atoms with Crippen LogP contribution < -0.4 is 5.32 Å². The lowest BCUT2D eigenvalue weighted by Gasteiger charge is -2.26. The summed E-state index contributed by atoms with van der Waals surface area (Å²) in [5, 5.41) is 3.55. The summed E-state index contributed by atoms with van der Waals surface area (Å²) < 4.78 is 0. The van der Waals surface area contributed by atoms with E-state index in [0.29, 0.717) is 11.9 Å². The number of hydrogen-bond acceptors (Lipinski definition) is 3. The number of carbonyl (C=O) groups is 1. The third-order valence-electron chi connectivity index (χ3n) is 3.13. The van der Waals surface area contributed by atoms with Gasteiger partial charge in [0.1, 0.15) is 0 Å². The Kier molecular flexibility index (Phi) is 5.23. The molecule has 1 N–H and O–H groups in total. The minimum Gasteiger partial charge on any atom is -0.340 e. The summed E-state index contributed by atoms with van der Waals surface area (Å²) >= 11 is 1.83. The number of thioether (sulfide) groups is 1. The topological polar surface area (TPSA) is 32.3 Å². The molecule has 0 aliphatic carbocycles. The highest BCUT2D eigenvalue weighted by atomic mass is 35.5. The Morgan fingerprint density at radius 3 is 2.80 bits per heavy atom. The minimum atomic E-state index is 0. The van der Waals surface area contributed by atoms with Gasteiger partial charge in [-0.05, 0) is 31.6 Å². The van der Waals surface area contributed by atoms with Crippen molar-refractivity contribution < 1.29 is 4.79 Å². The van der Waals surface area contributed by atoms with Crippen LogP contribution in [0.4, 0.5) is 0 Å². The van der Waals surface area contributed by atoms with E-state index in [9.17, 15) is 4.79 Å². The standard InChI is InChI=1S/C10H18N2OS.ClH/c1-12(8-4-5-11-7-8)10(13)9-3-2-6-14-9;/h8-9,11H,2-7H2,1H3;1H. The maximum Gasteiger partial charge on any atom is 0.235 e. The van der Waals surface area contributed by atoms with Gasteiger partial charge >= 0.3 is 0 Å². The molecule has 2 aliphatic rings.